The van der Waals surface area contributed by atoms with Crippen molar-refractivity contribution < 1.29 is 32.6 Å². The minimum atomic E-state index is -5.08. The number of likely N-dealkylation sites (N-methyl/N-ethyl adjacent to an activating group) is 1. The molecule has 0 unspecified atom stereocenters. The summed E-state index contributed by atoms with van der Waals surface area (Å²) in [5.74, 6) is -2.44. The lowest BCUT2D eigenvalue weighted by atomic mass is 9.90. The van der Waals surface area contributed by atoms with Gasteiger partial charge in [0, 0.05) is 26.1 Å². The van der Waals surface area contributed by atoms with Crippen molar-refractivity contribution in [3.8, 4) is 0 Å². The zero-order chi connectivity index (χ0) is 22.4. The molecule has 2 heterocycles. The summed E-state index contributed by atoms with van der Waals surface area (Å²) in [4.78, 5) is 25.8. The number of carboxylic acid groups (broad SMARTS) is 1. The van der Waals surface area contributed by atoms with Crippen molar-refractivity contribution in [2.45, 2.75) is 75.7 Å². The van der Waals surface area contributed by atoms with Crippen LogP contribution in [0.2, 0.25) is 0 Å². The molecule has 2 saturated heterocycles. The molecule has 9 heteroatoms. The summed E-state index contributed by atoms with van der Waals surface area (Å²) in [5.41, 5.74) is 1.30. The maximum atomic E-state index is 12.6. The predicted molar refractivity (Wildman–Crippen MR) is 106 cm³/mol. The lowest BCUT2D eigenvalue weighted by Gasteiger charge is -2.39. The van der Waals surface area contributed by atoms with Crippen LogP contribution in [-0.4, -0.2) is 78.4 Å². The van der Waals surface area contributed by atoms with E-state index in [-0.39, 0.29) is 5.60 Å². The normalized spacial score (nSPS) is 26.9. The first kappa shape index (κ1) is 24.7. The summed E-state index contributed by atoms with van der Waals surface area (Å²) < 4.78 is 38.2. The van der Waals surface area contributed by atoms with Crippen molar-refractivity contribution in [1.82, 2.24) is 9.80 Å². The number of amides is 1. The van der Waals surface area contributed by atoms with Gasteiger partial charge in [-0.05, 0) is 65.5 Å². The molecule has 172 valence electrons. The number of carboxylic acids is 1. The van der Waals surface area contributed by atoms with Crippen molar-refractivity contribution in [2.24, 2.45) is 0 Å². The van der Waals surface area contributed by atoms with Crippen molar-refractivity contribution in [3.05, 3.63) is 11.6 Å². The van der Waals surface area contributed by atoms with Crippen LogP contribution in [0.4, 0.5) is 13.2 Å². The van der Waals surface area contributed by atoms with Crippen LogP contribution in [0.5, 0.6) is 0 Å². The number of ether oxygens (including phenoxy) is 1. The van der Waals surface area contributed by atoms with Crippen molar-refractivity contribution in [2.75, 3.05) is 33.7 Å². The van der Waals surface area contributed by atoms with Crippen molar-refractivity contribution in [3.63, 3.8) is 0 Å². The molecule has 0 bridgehead atoms. The molecule has 0 aromatic carbocycles. The molecule has 3 aliphatic rings. The Kier molecular flexibility index (Phi) is 8.73. The molecule has 2 aliphatic heterocycles. The largest absolute Gasteiger partial charge is 0.490 e. The number of halogens is 3. The van der Waals surface area contributed by atoms with Crippen molar-refractivity contribution >= 4 is 11.9 Å². The highest BCUT2D eigenvalue weighted by molar-refractivity contribution is 5.79. The number of hydrogen-bond donors (Lipinski definition) is 1. The fourth-order valence-corrected chi connectivity index (χ4v) is 4.39. The monoisotopic (exact) mass is 434 g/mol. The van der Waals surface area contributed by atoms with E-state index >= 15 is 0 Å². The third-order valence-electron chi connectivity index (χ3n) is 5.82. The molecule has 1 aliphatic carbocycles. The zero-order valence-electron chi connectivity index (χ0n) is 17.8. The maximum absolute atomic E-state index is 12.6. The molecule has 2 atom stereocenters. The summed E-state index contributed by atoms with van der Waals surface area (Å²) in [7, 11) is 4.21. The Bertz CT molecular complexity index is 636. The number of allylic oxidation sites excluding steroid dienone is 1. The number of aliphatic carboxylic acids is 1. The third kappa shape index (κ3) is 7.58. The summed E-state index contributed by atoms with van der Waals surface area (Å²) in [5, 5.41) is 7.12. The van der Waals surface area contributed by atoms with Crippen LogP contribution in [0, 0.1) is 0 Å². The smallest absolute Gasteiger partial charge is 0.475 e. The highest BCUT2D eigenvalue weighted by atomic mass is 19.4. The molecular formula is C21H33F3N2O4. The van der Waals surface area contributed by atoms with Crippen LogP contribution in [-0.2, 0) is 14.3 Å². The maximum Gasteiger partial charge on any atom is 0.490 e. The van der Waals surface area contributed by atoms with Crippen LogP contribution in [0.15, 0.2) is 11.6 Å². The molecular weight excluding hydrogens is 401 g/mol. The van der Waals surface area contributed by atoms with E-state index in [9.17, 15) is 18.0 Å². The number of nitrogens with zero attached hydrogens (tertiary/aromatic N) is 2. The number of rotatable bonds is 4. The van der Waals surface area contributed by atoms with E-state index < -0.39 is 12.1 Å². The Morgan fingerprint density at radius 1 is 1.27 bits per heavy atom. The zero-order valence-corrected chi connectivity index (χ0v) is 17.8. The van der Waals surface area contributed by atoms with Crippen LogP contribution in [0.25, 0.3) is 0 Å². The van der Waals surface area contributed by atoms with Gasteiger partial charge < -0.3 is 19.6 Å². The van der Waals surface area contributed by atoms with Gasteiger partial charge in [0.25, 0.3) is 0 Å². The lowest BCUT2D eigenvalue weighted by Crippen LogP contribution is -2.46. The van der Waals surface area contributed by atoms with Crippen LogP contribution >= 0.6 is 0 Å². The van der Waals surface area contributed by atoms with Crippen LogP contribution in [0.3, 0.4) is 0 Å². The van der Waals surface area contributed by atoms with Crippen LogP contribution in [0.1, 0.15) is 57.8 Å². The van der Waals surface area contributed by atoms with Gasteiger partial charge in [0.2, 0.25) is 5.91 Å². The minimum absolute atomic E-state index is 0.0600. The molecule has 0 aromatic heterocycles. The summed E-state index contributed by atoms with van der Waals surface area (Å²) in [6, 6.07) is 0. The first-order valence-electron chi connectivity index (χ1n) is 10.6. The number of hydrogen-bond acceptors (Lipinski definition) is 4. The lowest BCUT2D eigenvalue weighted by molar-refractivity contribution is -0.192. The van der Waals surface area contributed by atoms with Gasteiger partial charge in [0.1, 0.15) is 0 Å². The molecule has 30 heavy (non-hydrogen) atoms. The fraction of sp³-hybridized carbons (Fsp3) is 0.810. The summed E-state index contributed by atoms with van der Waals surface area (Å²) in [6.07, 6.45) is 7.49. The Morgan fingerprint density at radius 3 is 2.53 bits per heavy atom. The van der Waals surface area contributed by atoms with E-state index in [0.29, 0.717) is 18.4 Å². The van der Waals surface area contributed by atoms with Gasteiger partial charge in [-0.1, -0.05) is 11.6 Å². The standard InChI is InChI=1S/C19H32N2O2.C2HF3O2/c1-20(2)14-17-9-6-10-19(23-17)11-12-21(15-19)18(22)13-16-7-4-3-5-8-16;3-2(4,5)1(6)7/h7,17H,3-6,8-15H2,1-2H3;(H,6,7)/t17-,19+;/m0./s1. The highest BCUT2D eigenvalue weighted by Crippen LogP contribution is 2.37. The van der Waals surface area contributed by atoms with E-state index in [2.05, 4.69) is 30.0 Å². The van der Waals surface area contributed by atoms with Gasteiger partial charge in [-0.25, -0.2) is 4.79 Å². The molecule has 0 radical (unpaired) electrons. The van der Waals surface area contributed by atoms with E-state index in [1.807, 2.05) is 0 Å². The van der Waals surface area contributed by atoms with E-state index in [0.717, 1.165) is 51.7 Å². The second kappa shape index (κ2) is 10.6. The quantitative estimate of drug-likeness (QED) is 0.685. The van der Waals surface area contributed by atoms with Gasteiger partial charge in [-0.15, -0.1) is 0 Å². The summed E-state index contributed by atoms with van der Waals surface area (Å²) >= 11 is 0. The minimum Gasteiger partial charge on any atom is -0.475 e. The Labute approximate surface area is 176 Å². The Morgan fingerprint density at radius 2 is 1.97 bits per heavy atom. The molecule has 1 spiro atoms. The predicted octanol–water partition coefficient (Wildman–Crippen LogP) is 3.61. The molecule has 1 amide bonds. The van der Waals surface area contributed by atoms with Gasteiger partial charge in [-0.2, -0.15) is 13.2 Å². The number of likely N-dealkylation sites (tertiary alicyclic amines) is 1. The SMILES string of the molecule is CN(C)C[C@@H]1CCC[C@]2(CCN(C(=O)CC3=CCCCC3)C2)O1.O=C(O)C(F)(F)F. The van der Waals surface area contributed by atoms with Crippen LogP contribution < -0.4 is 0 Å². The Hall–Kier alpha value is -1.61. The number of carbonyl (C=O) groups excluding carboxylic acids is 1. The van der Waals surface area contributed by atoms with Gasteiger partial charge in [0.15, 0.2) is 0 Å². The Balaban J connectivity index is 0.000000396. The molecule has 2 fully saturated rings. The third-order valence-corrected chi connectivity index (χ3v) is 5.82. The molecule has 3 rings (SSSR count). The molecule has 0 aromatic rings. The fourth-order valence-electron chi connectivity index (χ4n) is 4.39. The number of carbonyl (C=O) groups is 2. The second-order valence-corrected chi connectivity index (χ2v) is 8.73. The summed E-state index contributed by atoms with van der Waals surface area (Å²) in [6.45, 7) is 2.67. The van der Waals surface area contributed by atoms with Gasteiger partial charge in [-0.3, -0.25) is 4.79 Å². The van der Waals surface area contributed by atoms with Crippen molar-refractivity contribution in [1.29, 1.82) is 0 Å². The first-order chi connectivity index (χ1) is 14.0. The van der Waals surface area contributed by atoms with E-state index in [1.54, 1.807) is 0 Å². The number of alkyl halides is 3. The second-order valence-electron chi connectivity index (χ2n) is 8.73. The van der Waals surface area contributed by atoms with Gasteiger partial charge in [0.05, 0.1) is 11.7 Å². The molecule has 6 nitrogen and oxygen atoms in total. The highest BCUT2D eigenvalue weighted by Gasteiger charge is 2.44. The molecule has 1 N–H and O–H groups in total. The first-order valence-corrected chi connectivity index (χ1v) is 10.6. The average Bonchev–Trinajstić information content (AvgIpc) is 3.05. The average molecular weight is 434 g/mol. The van der Waals surface area contributed by atoms with E-state index in [1.165, 1.54) is 24.8 Å². The van der Waals surface area contributed by atoms with E-state index in [4.69, 9.17) is 14.6 Å². The molecule has 0 saturated carbocycles. The van der Waals surface area contributed by atoms with Gasteiger partial charge >= 0.3 is 12.1 Å². The topological polar surface area (TPSA) is 70.1 Å².